The van der Waals surface area contributed by atoms with E-state index in [1.54, 1.807) is 11.3 Å². The monoisotopic (exact) mass is 249 g/mol. The quantitative estimate of drug-likeness (QED) is 0.870. The summed E-state index contributed by atoms with van der Waals surface area (Å²) in [6, 6.07) is 10.9. The Morgan fingerprint density at radius 2 is 1.88 bits per heavy atom. The lowest BCUT2D eigenvalue weighted by atomic mass is 10.1. The van der Waals surface area contributed by atoms with Gasteiger partial charge in [0.1, 0.15) is 5.82 Å². The molecule has 1 atom stereocenters. The number of halogens is 1. The predicted octanol–water partition coefficient (Wildman–Crippen LogP) is 4.01. The SMILES string of the molecule is CC(CCN)c1ccc(-c2ccc(F)cc2)s1. The highest BCUT2D eigenvalue weighted by molar-refractivity contribution is 7.15. The number of hydrogen-bond donors (Lipinski definition) is 1. The van der Waals surface area contributed by atoms with Crippen molar-refractivity contribution in [3.05, 3.63) is 47.1 Å². The standard InChI is InChI=1S/C14H16FNS/c1-10(8-9-16)13-6-7-14(17-13)11-2-4-12(15)5-3-11/h2-7,10H,8-9,16H2,1H3. The second-order valence-electron chi connectivity index (χ2n) is 4.19. The smallest absolute Gasteiger partial charge is 0.123 e. The third-order valence-electron chi connectivity index (χ3n) is 2.84. The lowest BCUT2D eigenvalue weighted by Crippen LogP contribution is -2.03. The van der Waals surface area contributed by atoms with Crippen molar-refractivity contribution in [2.45, 2.75) is 19.3 Å². The number of hydrogen-bond acceptors (Lipinski definition) is 2. The van der Waals surface area contributed by atoms with Gasteiger partial charge in [-0.3, -0.25) is 0 Å². The molecule has 17 heavy (non-hydrogen) atoms. The van der Waals surface area contributed by atoms with E-state index >= 15 is 0 Å². The fourth-order valence-electron chi connectivity index (χ4n) is 1.78. The van der Waals surface area contributed by atoms with Gasteiger partial charge in [0.2, 0.25) is 0 Å². The summed E-state index contributed by atoms with van der Waals surface area (Å²) in [5.74, 6) is 0.307. The molecule has 0 aliphatic heterocycles. The normalized spacial score (nSPS) is 12.6. The van der Waals surface area contributed by atoms with Crippen LogP contribution in [0.25, 0.3) is 10.4 Å². The van der Waals surface area contributed by atoms with E-state index in [4.69, 9.17) is 5.73 Å². The van der Waals surface area contributed by atoms with Gasteiger partial charge in [0, 0.05) is 9.75 Å². The molecule has 1 unspecified atom stereocenters. The average Bonchev–Trinajstić information content (AvgIpc) is 2.80. The van der Waals surface area contributed by atoms with E-state index in [-0.39, 0.29) is 5.82 Å². The highest BCUT2D eigenvalue weighted by atomic mass is 32.1. The molecule has 0 amide bonds. The second kappa shape index (κ2) is 5.43. The fraction of sp³-hybridized carbons (Fsp3) is 0.286. The Kier molecular flexibility index (Phi) is 3.92. The van der Waals surface area contributed by atoms with Crippen molar-refractivity contribution in [2.24, 2.45) is 5.73 Å². The van der Waals surface area contributed by atoms with E-state index in [9.17, 15) is 4.39 Å². The van der Waals surface area contributed by atoms with E-state index in [0.717, 1.165) is 12.0 Å². The summed E-state index contributed by atoms with van der Waals surface area (Å²) in [6.07, 6.45) is 1.00. The lowest BCUT2D eigenvalue weighted by Gasteiger charge is -2.06. The van der Waals surface area contributed by atoms with Crippen molar-refractivity contribution in [2.75, 3.05) is 6.54 Å². The Balaban J connectivity index is 2.20. The Morgan fingerprint density at radius 1 is 1.18 bits per heavy atom. The Hall–Kier alpha value is -1.19. The van der Waals surface area contributed by atoms with Crippen LogP contribution in [0.2, 0.25) is 0 Å². The number of rotatable bonds is 4. The molecular weight excluding hydrogens is 233 g/mol. The van der Waals surface area contributed by atoms with Crippen LogP contribution in [0, 0.1) is 5.82 Å². The molecule has 0 fully saturated rings. The zero-order chi connectivity index (χ0) is 12.3. The number of nitrogens with two attached hydrogens (primary N) is 1. The summed E-state index contributed by atoms with van der Waals surface area (Å²) < 4.78 is 12.8. The molecule has 0 radical (unpaired) electrons. The van der Waals surface area contributed by atoms with E-state index in [1.165, 1.54) is 21.9 Å². The van der Waals surface area contributed by atoms with Crippen LogP contribution in [0.4, 0.5) is 4.39 Å². The minimum atomic E-state index is -0.193. The van der Waals surface area contributed by atoms with E-state index < -0.39 is 0 Å². The van der Waals surface area contributed by atoms with Crippen molar-refractivity contribution >= 4 is 11.3 Å². The van der Waals surface area contributed by atoms with Gasteiger partial charge < -0.3 is 5.73 Å². The van der Waals surface area contributed by atoms with Crippen molar-refractivity contribution in [3.8, 4) is 10.4 Å². The average molecular weight is 249 g/mol. The first kappa shape index (κ1) is 12.3. The van der Waals surface area contributed by atoms with E-state index in [1.807, 2.05) is 12.1 Å². The topological polar surface area (TPSA) is 26.0 Å². The maximum absolute atomic E-state index is 12.8. The molecule has 0 bridgehead atoms. The molecule has 0 saturated heterocycles. The van der Waals surface area contributed by atoms with E-state index in [0.29, 0.717) is 12.5 Å². The van der Waals surface area contributed by atoms with Crippen molar-refractivity contribution in [1.29, 1.82) is 0 Å². The third-order valence-corrected chi connectivity index (χ3v) is 4.21. The maximum atomic E-state index is 12.8. The van der Waals surface area contributed by atoms with Gasteiger partial charge in [0.15, 0.2) is 0 Å². The molecule has 0 saturated carbocycles. The van der Waals surface area contributed by atoms with Gasteiger partial charge in [-0.2, -0.15) is 0 Å². The molecular formula is C14H16FNS. The van der Waals surface area contributed by atoms with Gasteiger partial charge in [-0.05, 0) is 48.7 Å². The summed E-state index contributed by atoms with van der Waals surface area (Å²) in [5.41, 5.74) is 6.64. The van der Waals surface area contributed by atoms with Gasteiger partial charge in [0.05, 0.1) is 0 Å². The number of thiophene rings is 1. The zero-order valence-electron chi connectivity index (χ0n) is 9.82. The molecule has 2 N–H and O–H groups in total. The minimum Gasteiger partial charge on any atom is -0.330 e. The summed E-state index contributed by atoms with van der Waals surface area (Å²) in [5, 5.41) is 0. The van der Waals surface area contributed by atoms with Crippen LogP contribution < -0.4 is 5.73 Å². The van der Waals surface area contributed by atoms with Gasteiger partial charge in [0.25, 0.3) is 0 Å². The van der Waals surface area contributed by atoms with Crippen LogP contribution >= 0.6 is 11.3 Å². The predicted molar refractivity (Wildman–Crippen MR) is 71.8 cm³/mol. The molecule has 1 heterocycles. The molecule has 3 heteroatoms. The van der Waals surface area contributed by atoms with Gasteiger partial charge in [-0.25, -0.2) is 4.39 Å². The maximum Gasteiger partial charge on any atom is 0.123 e. The van der Waals surface area contributed by atoms with Crippen molar-refractivity contribution < 1.29 is 4.39 Å². The molecule has 2 aromatic rings. The summed E-state index contributed by atoms with van der Waals surface area (Å²) in [6.45, 7) is 2.90. The first-order valence-electron chi connectivity index (χ1n) is 5.76. The lowest BCUT2D eigenvalue weighted by molar-refractivity contribution is 0.628. The first-order chi connectivity index (χ1) is 8.20. The largest absolute Gasteiger partial charge is 0.330 e. The van der Waals surface area contributed by atoms with Crippen molar-refractivity contribution in [1.82, 2.24) is 0 Å². The summed E-state index contributed by atoms with van der Waals surface area (Å²) in [7, 11) is 0. The van der Waals surface area contributed by atoms with Gasteiger partial charge >= 0.3 is 0 Å². The third kappa shape index (κ3) is 2.93. The van der Waals surface area contributed by atoms with Crippen LogP contribution in [-0.2, 0) is 0 Å². The van der Waals surface area contributed by atoms with Crippen LogP contribution in [0.1, 0.15) is 24.1 Å². The zero-order valence-corrected chi connectivity index (χ0v) is 10.6. The highest BCUT2D eigenvalue weighted by Gasteiger charge is 2.09. The Labute approximate surface area is 105 Å². The van der Waals surface area contributed by atoms with Crippen molar-refractivity contribution in [3.63, 3.8) is 0 Å². The second-order valence-corrected chi connectivity index (χ2v) is 5.30. The fourth-order valence-corrected chi connectivity index (χ4v) is 2.88. The van der Waals surface area contributed by atoms with E-state index in [2.05, 4.69) is 19.1 Å². The summed E-state index contributed by atoms with van der Waals surface area (Å²) in [4.78, 5) is 2.53. The molecule has 0 aliphatic carbocycles. The minimum absolute atomic E-state index is 0.193. The molecule has 90 valence electrons. The molecule has 0 spiro atoms. The Bertz CT molecular complexity index is 475. The van der Waals surface area contributed by atoms with Crippen LogP contribution in [0.5, 0.6) is 0 Å². The van der Waals surface area contributed by atoms with Crippen LogP contribution in [0.3, 0.4) is 0 Å². The summed E-state index contributed by atoms with van der Waals surface area (Å²) >= 11 is 1.76. The highest BCUT2D eigenvalue weighted by Crippen LogP contribution is 2.33. The first-order valence-corrected chi connectivity index (χ1v) is 6.58. The molecule has 1 aromatic carbocycles. The molecule has 1 aromatic heterocycles. The molecule has 0 aliphatic rings. The van der Waals surface area contributed by atoms with Gasteiger partial charge in [-0.1, -0.05) is 19.1 Å². The van der Waals surface area contributed by atoms with Crippen LogP contribution in [-0.4, -0.2) is 6.54 Å². The molecule has 1 nitrogen and oxygen atoms in total. The Morgan fingerprint density at radius 3 is 2.53 bits per heavy atom. The molecule has 2 rings (SSSR count). The van der Waals surface area contributed by atoms with Gasteiger partial charge in [-0.15, -0.1) is 11.3 Å². The van der Waals surface area contributed by atoms with Crippen LogP contribution in [0.15, 0.2) is 36.4 Å². The number of benzene rings is 1.